The smallest absolute Gasteiger partial charge is 0.345 e. The van der Waals surface area contributed by atoms with Gasteiger partial charge in [-0.25, -0.2) is 4.52 Å². The first kappa shape index (κ1) is 20.2. The minimum Gasteiger partial charge on any atom is -0.362 e. The Morgan fingerprint density at radius 3 is 2.85 bits per heavy atom. The number of halogens is 4. The maximum Gasteiger partial charge on any atom is 0.345 e. The number of aromatic nitrogens is 4. The van der Waals surface area contributed by atoms with Crippen LogP contribution >= 0.6 is 34.7 Å². The van der Waals surface area contributed by atoms with Gasteiger partial charge in [0.05, 0.1) is 18.8 Å². The van der Waals surface area contributed by atoms with Gasteiger partial charge in [-0.15, -0.1) is 5.10 Å². The molecule has 0 fully saturated rings. The molecule has 3 heterocycles. The normalized spacial score (nSPS) is 11.6. The molecule has 6 nitrogen and oxygen atoms in total. The fraction of sp³-hybridized carbons (Fsp3) is 0.438. The molecular formula is C16H17Cl2F2N5OS. The van der Waals surface area contributed by atoms with Gasteiger partial charge in [0.25, 0.3) is 0 Å². The first-order valence-corrected chi connectivity index (χ1v) is 9.82. The average molecular weight is 436 g/mol. The summed E-state index contributed by atoms with van der Waals surface area (Å²) >= 11 is 13.9. The Morgan fingerprint density at radius 2 is 2.15 bits per heavy atom. The quantitative estimate of drug-likeness (QED) is 0.480. The van der Waals surface area contributed by atoms with E-state index in [4.69, 9.17) is 23.2 Å². The molecule has 0 radical (unpaired) electrons. The van der Waals surface area contributed by atoms with Gasteiger partial charge in [0.1, 0.15) is 10.7 Å². The van der Waals surface area contributed by atoms with Gasteiger partial charge >= 0.3 is 6.61 Å². The maximum absolute atomic E-state index is 12.0. The van der Waals surface area contributed by atoms with E-state index in [1.165, 1.54) is 11.5 Å². The summed E-state index contributed by atoms with van der Waals surface area (Å²) in [5.41, 5.74) is 3.44. The Labute approximate surface area is 168 Å². The van der Waals surface area contributed by atoms with E-state index < -0.39 is 6.61 Å². The first-order chi connectivity index (χ1) is 13.0. The van der Waals surface area contributed by atoms with Crippen molar-refractivity contribution < 1.29 is 13.5 Å². The van der Waals surface area contributed by atoms with Crippen LogP contribution in [0, 0.1) is 6.92 Å². The minimum atomic E-state index is -2.74. The van der Waals surface area contributed by atoms with Crippen molar-refractivity contribution in [1.29, 1.82) is 0 Å². The van der Waals surface area contributed by atoms with Crippen LogP contribution in [0.1, 0.15) is 29.7 Å². The van der Waals surface area contributed by atoms with Crippen LogP contribution in [0.25, 0.3) is 5.52 Å². The van der Waals surface area contributed by atoms with Crippen LogP contribution in [0.3, 0.4) is 0 Å². The summed E-state index contributed by atoms with van der Waals surface area (Å²) in [5, 5.41) is 9.83. The van der Waals surface area contributed by atoms with Crippen molar-refractivity contribution in [2.45, 2.75) is 39.3 Å². The third-order valence-corrected chi connectivity index (χ3v) is 5.20. The highest BCUT2D eigenvalue weighted by Gasteiger charge is 2.19. The molecule has 0 amide bonds. The number of nitrogens with zero attached hydrogens (tertiary/aromatic N) is 4. The Balaban J connectivity index is 1.80. The Morgan fingerprint density at radius 1 is 1.33 bits per heavy atom. The standard InChI is InChI=1S/C16H17Cl2F2N5OS/c1-9-11(4-2-3-6-26-16(19)20)13(17)25-12(9)14(22-15(18)23-25)21-8-10-5-7-27-24-10/h5,7,16H,2-4,6,8H2,1H3,(H,21,22,23). The predicted octanol–water partition coefficient (Wildman–Crippen LogP) is 4.98. The summed E-state index contributed by atoms with van der Waals surface area (Å²) in [7, 11) is 0. The zero-order valence-corrected chi connectivity index (χ0v) is 16.7. The van der Waals surface area contributed by atoms with Gasteiger partial charge in [-0.3, -0.25) is 0 Å². The second kappa shape index (κ2) is 9.09. The summed E-state index contributed by atoms with van der Waals surface area (Å²) in [6.07, 6.45) is 1.78. The van der Waals surface area contributed by atoms with Gasteiger partial charge in [0.15, 0.2) is 5.82 Å². The molecule has 3 aromatic rings. The van der Waals surface area contributed by atoms with Crippen molar-refractivity contribution in [3.05, 3.63) is 38.7 Å². The lowest BCUT2D eigenvalue weighted by Crippen LogP contribution is -2.06. The largest absolute Gasteiger partial charge is 0.362 e. The van der Waals surface area contributed by atoms with Crippen molar-refractivity contribution in [3.8, 4) is 0 Å². The van der Waals surface area contributed by atoms with Crippen molar-refractivity contribution in [2.24, 2.45) is 0 Å². The van der Waals surface area contributed by atoms with E-state index in [9.17, 15) is 8.78 Å². The highest BCUT2D eigenvalue weighted by atomic mass is 35.5. The molecule has 0 aromatic carbocycles. The number of anilines is 1. The molecule has 0 aliphatic rings. The first-order valence-electron chi connectivity index (χ1n) is 8.23. The number of aryl methyl sites for hydroxylation is 1. The van der Waals surface area contributed by atoms with Crippen molar-refractivity contribution in [3.63, 3.8) is 0 Å². The summed E-state index contributed by atoms with van der Waals surface area (Å²) in [5.74, 6) is 0.565. The lowest BCUT2D eigenvalue weighted by molar-refractivity contribution is -0.129. The molecule has 0 saturated heterocycles. The lowest BCUT2D eigenvalue weighted by atomic mass is 10.1. The number of unbranched alkanes of at least 4 members (excludes halogenated alkanes) is 1. The second-order valence-corrected chi connectivity index (χ2v) is 7.18. The molecule has 0 unspecified atom stereocenters. The van der Waals surface area contributed by atoms with Crippen LogP contribution in [0.15, 0.2) is 11.4 Å². The molecule has 0 aliphatic carbocycles. The Hall–Kier alpha value is -1.55. The number of rotatable bonds is 9. The van der Waals surface area contributed by atoms with Gasteiger partial charge in [-0.2, -0.15) is 18.1 Å². The maximum atomic E-state index is 12.0. The van der Waals surface area contributed by atoms with Crippen LogP contribution in [-0.4, -0.2) is 32.2 Å². The third-order valence-electron chi connectivity index (χ3n) is 4.06. The number of hydrogen-bond donors (Lipinski definition) is 1. The van der Waals surface area contributed by atoms with Crippen LogP contribution in [-0.2, 0) is 17.7 Å². The Kier molecular flexibility index (Phi) is 6.80. The Bertz CT molecular complexity index is 904. The number of nitrogens with one attached hydrogen (secondary N) is 1. The summed E-state index contributed by atoms with van der Waals surface area (Å²) < 4.78 is 34.1. The van der Waals surface area contributed by atoms with Crippen LogP contribution < -0.4 is 5.32 Å². The number of hydrogen-bond acceptors (Lipinski definition) is 6. The van der Waals surface area contributed by atoms with Crippen molar-refractivity contribution >= 4 is 46.1 Å². The SMILES string of the molecule is Cc1c(CCCCOC(F)F)c(Cl)n2nc(Cl)nc(NCc3ccsn3)c12. The summed E-state index contributed by atoms with van der Waals surface area (Å²) in [4.78, 5) is 4.28. The van der Waals surface area contributed by atoms with Gasteiger partial charge in [0.2, 0.25) is 5.28 Å². The van der Waals surface area contributed by atoms with Gasteiger partial charge in [0, 0.05) is 5.38 Å². The number of alkyl halides is 2. The minimum absolute atomic E-state index is 0.00772. The highest BCUT2D eigenvalue weighted by Crippen LogP contribution is 2.32. The zero-order valence-electron chi connectivity index (χ0n) is 14.4. The topological polar surface area (TPSA) is 64.3 Å². The van der Waals surface area contributed by atoms with Crippen molar-refractivity contribution in [1.82, 2.24) is 19.0 Å². The van der Waals surface area contributed by atoms with E-state index in [-0.39, 0.29) is 11.9 Å². The summed E-state index contributed by atoms with van der Waals surface area (Å²) in [6, 6.07) is 1.92. The van der Waals surface area contributed by atoms with E-state index in [2.05, 4.69) is 24.5 Å². The van der Waals surface area contributed by atoms with Crippen molar-refractivity contribution in [2.75, 3.05) is 11.9 Å². The molecule has 3 rings (SSSR count). The van der Waals surface area contributed by atoms with E-state index in [1.54, 1.807) is 4.52 Å². The second-order valence-electron chi connectivity index (χ2n) is 5.82. The zero-order chi connectivity index (χ0) is 19.4. The van der Waals surface area contributed by atoms with Crippen LogP contribution in [0.2, 0.25) is 10.4 Å². The fourth-order valence-electron chi connectivity index (χ4n) is 2.80. The highest BCUT2D eigenvalue weighted by molar-refractivity contribution is 7.03. The molecule has 27 heavy (non-hydrogen) atoms. The molecule has 0 bridgehead atoms. The van der Waals surface area contributed by atoms with Gasteiger partial charge in [-0.05, 0) is 66.5 Å². The molecule has 1 N–H and O–H groups in total. The van der Waals surface area contributed by atoms with Gasteiger partial charge < -0.3 is 10.1 Å². The summed E-state index contributed by atoms with van der Waals surface area (Å²) in [6.45, 7) is -0.309. The van der Waals surface area contributed by atoms with E-state index in [1.807, 2.05) is 18.4 Å². The molecule has 11 heteroatoms. The van der Waals surface area contributed by atoms with E-state index >= 15 is 0 Å². The van der Waals surface area contributed by atoms with Gasteiger partial charge in [-0.1, -0.05) is 11.6 Å². The molecule has 146 valence electrons. The lowest BCUT2D eigenvalue weighted by Gasteiger charge is -2.07. The van der Waals surface area contributed by atoms with E-state index in [0.717, 1.165) is 22.3 Å². The predicted molar refractivity (Wildman–Crippen MR) is 102 cm³/mol. The third kappa shape index (κ3) is 4.84. The number of ether oxygens (including phenoxy) is 1. The molecule has 0 spiro atoms. The fourth-order valence-corrected chi connectivity index (χ4v) is 3.86. The average Bonchev–Trinajstić information content (AvgIpc) is 3.21. The van der Waals surface area contributed by atoms with E-state index in [0.29, 0.717) is 36.8 Å². The van der Waals surface area contributed by atoms with Crippen LogP contribution in [0.5, 0.6) is 0 Å². The molecule has 0 aliphatic heterocycles. The monoisotopic (exact) mass is 435 g/mol. The molecular weight excluding hydrogens is 419 g/mol. The molecule has 3 aromatic heterocycles. The molecule has 0 saturated carbocycles. The molecule has 0 atom stereocenters. The van der Waals surface area contributed by atoms with Crippen LogP contribution in [0.4, 0.5) is 14.6 Å². The number of fused-ring (bicyclic) bond motifs is 1.